The van der Waals surface area contributed by atoms with Gasteiger partial charge in [0.2, 0.25) is 5.88 Å². The minimum absolute atomic E-state index is 0.0508. The molecule has 3 N–H and O–H groups in total. The van der Waals surface area contributed by atoms with Gasteiger partial charge in [-0.3, -0.25) is 5.10 Å². The van der Waals surface area contributed by atoms with E-state index in [2.05, 4.69) is 30.7 Å². The van der Waals surface area contributed by atoms with Crippen LogP contribution >= 0.6 is 0 Å². The van der Waals surface area contributed by atoms with Gasteiger partial charge in [-0.2, -0.15) is 5.10 Å². The number of anilines is 1. The maximum Gasteiger partial charge on any atom is 0.210 e. The Hall–Kier alpha value is -3.48. The minimum atomic E-state index is -0.0508. The summed E-state index contributed by atoms with van der Waals surface area (Å²) >= 11 is 0. The summed E-state index contributed by atoms with van der Waals surface area (Å²) in [5.41, 5.74) is 3.67. The summed E-state index contributed by atoms with van der Waals surface area (Å²) in [6.45, 7) is 0.720. The van der Waals surface area contributed by atoms with Crippen molar-refractivity contribution in [1.82, 2.24) is 25.4 Å². The van der Waals surface area contributed by atoms with Crippen molar-refractivity contribution in [1.29, 1.82) is 0 Å². The third-order valence-corrected chi connectivity index (χ3v) is 5.60. The van der Waals surface area contributed by atoms with E-state index < -0.39 is 0 Å². The van der Waals surface area contributed by atoms with Crippen molar-refractivity contribution < 1.29 is 5.11 Å². The van der Waals surface area contributed by atoms with Gasteiger partial charge in [0.25, 0.3) is 0 Å². The van der Waals surface area contributed by atoms with Crippen LogP contribution in [0.15, 0.2) is 54.7 Å². The predicted molar refractivity (Wildman–Crippen MR) is 107 cm³/mol. The van der Waals surface area contributed by atoms with Crippen molar-refractivity contribution >= 4 is 16.7 Å². The highest BCUT2D eigenvalue weighted by molar-refractivity contribution is 5.83. The van der Waals surface area contributed by atoms with Crippen LogP contribution in [0.1, 0.15) is 25.0 Å². The molecule has 0 bridgehead atoms. The Morgan fingerprint density at radius 3 is 2.75 bits per heavy atom. The third-order valence-electron chi connectivity index (χ3n) is 5.60. The number of hydrogen-bond donors (Lipinski definition) is 3. The zero-order valence-electron chi connectivity index (χ0n) is 15.3. The number of H-pyrrole nitrogens is 1. The van der Waals surface area contributed by atoms with E-state index >= 15 is 0 Å². The fourth-order valence-corrected chi connectivity index (χ4v) is 3.78. The molecule has 1 aliphatic carbocycles. The molecular formula is C21H20N6O. The van der Waals surface area contributed by atoms with Crippen LogP contribution in [-0.2, 0) is 5.41 Å². The second kappa shape index (κ2) is 6.60. The number of aromatic hydroxyl groups is 1. The lowest BCUT2D eigenvalue weighted by atomic mass is 9.66. The molecule has 0 amide bonds. The van der Waals surface area contributed by atoms with Crippen LogP contribution < -0.4 is 5.32 Å². The Labute approximate surface area is 161 Å². The largest absolute Gasteiger partial charge is 0.493 e. The predicted octanol–water partition coefficient (Wildman–Crippen LogP) is 3.65. The number of hydrogen-bond acceptors (Lipinski definition) is 6. The topological polar surface area (TPSA) is 99.6 Å². The average Bonchev–Trinajstić information content (AvgIpc) is 3.15. The lowest BCUT2D eigenvalue weighted by molar-refractivity contribution is 0.250. The van der Waals surface area contributed by atoms with E-state index in [-0.39, 0.29) is 11.3 Å². The van der Waals surface area contributed by atoms with Gasteiger partial charge in [0, 0.05) is 29.0 Å². The lowest BCUT2D eigenvalue weighted by Crippen LogP contribution is -2.41. The number of nitrogens with one attached hydrogen (secondary N) is 2. The summed E-state index contributed by atoms with van der Waals surface area (Å²) in [6, 6.07) is 15.4. The van der Waals surface area contributed by atoms with Gasteiger partial charge in [0.05, 0.1) is 23.1 Å². The van der Waals surface area contributed by atoms with Crippen molar-refractivity contribution in [2.75, 3.05) is 11.9 Å². The molecule has 1 saturated carbocycles. The molecule has 7 nitrogen and oxygen atoms in total. The number of aromatic nitrogens is 5. The van der Waals surface area contributed by atoms with E-state index in [0.29, 0.717) is 0 Å². The Morgan fingerprint density at radius 1 is 1.07 bits per heavy atom. The molecule has 7 heteroatoms. The van der Waals surface area contributed by atoms with Crippen LogP contribution in [0.3, 0.4) is 0 Å². The second-order valence-electron chi connectivity index (χ2n) is 7.34. The maximum absolute atomic E-state index is 9.71. The molecule has 1 aromatic carbocycles. The molecule has 0 radical (unpaired) electrons. The van der Waals surface area contributed by atoms with Gasteiger partial charge >= 0.3 is 0 Å². The van der Waals surface area contributed by atoms with Crippen LogP contribution in [-0.4, -0.2) is 37.0 Å². The van der Waals surface area contributed by atoms with E-state index in [1.54, 1.807) is 12.3 Å². The zero-order valence-corrected chi connectivity index (χ0v) is 15.3. The number of fused-ring (bicyclic) bond motifs is 1. The fraction of sp³-hybridized carbons (Fsp3) is 0.238. The summed E-state index contributed by atoms with van der Waals surface area (Å²) in [6.07, 6.45) is 5.06. The Kier molecular flexibility index (Phi) is 3.93. The summed E-state index contributed by atoms with van der Waals surface area (Å²) in [4.78, 5) is 4.33. The second-order valence-corrected chi connectivity index (χ2v) is 7.34. The van der Waals surface area contributed by atoms with E-state index in [0.717, 1.165) is 53.1 Å². The first-order chi connectivity index (χ1) is 13.7. The molecule has 140 valence electrons. The van der Waals surface area contributed by atoms with Crippen LogP contribution in [0.25, 0.3) is 22.2 Å². The molecule has 0 spiro atoms. The lowest BCUT2D eigenvalue weighted by Gasteiger charge is -2.41. The molecule has 3 heterocycles. The van der Waals surface area contributed by atoms with Gasteiger partial charge in [0.1, 0.15) is 5.82 Å². The van der Waals surface area contributed by atoms with E-state index in [1.165, 1.54) is 6.42 Å². The molecule has 4 aromatic rings. The molecule has 1 fully saturated rings. The van der Waals surface area contributed by atoms with E-state index in [4.69, 9.17) is 0 Å². The van der Waals surface area contributed by atoms with Gasteiger partial charge in [0.15, 0.2) is 0 Å². The monoisotopic (exact) mass is 372 g/mol. The van der Waals surface area contributed by atoms with Crippen molar-refractivity contribution in [3.8, 4) is 17.1 Å². The molecule has 28 heavy (non-hydrogen) atoms. The van der Waals surface area contributed by atoms with Crippen molar-refractivity contribution in [3.05, 3.63) is 60.4 Å². The van der Waals surface area contributed by atoms with Gasteiger partial charge in [-0.25, -0.2) is 4.98 Å². The summed E-state index contributed by atoms with van der Waals surface area (Å²) in [7, 11) is 0. The van der Waals surface area contributed by atoms with E-state index in [1.807, 2.05) is 42.5 Å². The molecule has 5 rings (SSSR count). The van der Waals surface area contributed by atoms with Crippen LogP contribution in [0.5, 0.6) is 5.88 Å². The number of pyridine rings is 1. The summed E-state index contributed by atoms with van der Waals surface area (Å²) in [5.74, 6) is 0.806. The Morgan fingerprint density at radius 2 is 2.00 bits per heavy atom. The zero-order chi connectivity index (χ0) is 19.0. The highest BCUT2D eigenvalue weighted by Crippen LogP contribution is 2.43. The average molecular weight is 372 g/mol. The van der Waals surface area contributed by atoms with Crippen LogP contribution in [0.2, 0.25) is 0 Å². The van der Waals surface area contributed by atoms with Gasteiger partial charge in [-0.15, -0.1) is 10.2 Å². The van der Waals surface area contributed by atoms with E-state index in [9.17, 15) is 5.11 Å². The fourth-order valence-electron chi connectivity index (χ4n) is 3.78. The third kappa shape index (κ3) is 2.94. The number of rotatable bonds is 5. The first kappa shape index (κ1) is 16.7. The molecule has 0 unspecified atom stereocenters. The summed E-state index contributed by atoms with van der Waals surface area (Å²) < 4.78 is 0. The molecule has 1 aliphatic rings. The quantitative estimate of drug-likeness (QED) is 0.494. The van der Waals surface area contributed by atoms with Crippen molar-refractivity contribution in [2.45, 2.75) is 24.7 Å². The normalized spacial score (nSPS) is 15.3. The highest BCUT2D eigenvalue weighted by Gasteiger charge is 2.40. The van der Waals surface area contributed by atoms with Gasteiger partial charge in [-0.1, -0.05) is 24.6 Å². The molecular weight excluding hydrogens is 352 g/mol. The number of benzene rings is 1. The number of aromatic amines is 1. The van der Waals surface area contributed by atoms with Crippen LogP contribution in [0, 0.1) is 0 Å². The summed E-state index contributed by atoms with van der Waals surface area (Å²) in [5, 5.41) is 29.9. The first-order valence-corrected chi connectivity index (χ1v) is 9.40. The van der Waals surface area contributed by atoms with Crippen molar-refractivity contribution in [3.63, 3.8) is 0 Å². The Balaban J connectivity index is 1.32. The van der Waals surface area contributed by atoms with Crippen molar-refractivity contribution in [2.24, 2.45) is 0 Å². The molecule has 0 saturated heterocycles. The molecule has 3 aromatic heterocycles. The number of nitrogens with zero attached hydrogens (tertiary/aromatic N) is 4. The first-order valence-electron chi connectivity index (χ1n) is 9.40. The van der Waals surface area contributed by atoms with Crippen LogP contribution in [0.4, 0.5) is 5.82 Å². The highest BCUT2D eigenvalue weighted by atomic mass is 16.3. The molecule has 0 aliphatic heterocycles. The van der Waals surface area contributed by atoms with Gasteiger partial charge in [-0.05, 0) is 37.1 Å². The maximum atomic E-state index is 9.71. The SMILES string of the molecule is Oc1cccc(C2(CNc3ccc(-c4ccc5cn[nH]c5c4)nn3)CCC2)n1. The Bertz CT molecular complexity index is 1120. The molecule has 0 atom stereocenters. The van der Waals surface area contributed by atoms with Gasteiger partial charge < -0.3 is 10.4 Å². The minimum Gasteiger partial charge on any atom is -0.493 e. The smallest absolute Gasteiger partial charge is 0.210 e. The standard InChI is InChI=1S/C21H20N6O/c28-20-4-1-3-18(24-20)21(9-2-10-21)13-22-19-8-7-16(26-27-19)14-5-6-15-12-23-25-17(15)11-14/h1,3-8,11-12H,2,9-10,13H2,(H,22,27)(H,23,25)(H,24,28).